The van der Waals surface area contributed by atoms with Crippen molar-refractivity contribution in [3.63, 3.8) is 0 Å². The minimum absolute atomic E-state index is 0.194. The van der Waals surface area contributed by atoms with Crippen molar-refractivity contribution >= 4 is 11.1 Å². The van der Waals surface area contributed by atoms with Crippen LogP contribution in [0.3, 0.4) is 0 Å². The second-order valence-electron chi connectivity index (χ2n) is 8.89. The molecule has 5 rings (SSSR count). The quantitative estimate of drug-likeness (QED) is 0.517. The molecule has 0 saturated carbocycles. The number of hydrogen-bond acceptors (Lipinski definition) is 5. The van der Waals surface area contributed by atoms with Gasteiger partial charge in [0.2, 0.25) is 0 Å². The van der Waals surface area contributed by atoms with Gasteiger partial charge in [0.05, 0.1) is 0 Å². The fourth-order valence-electron chi connectivity index (χ4n) is 4.56. The molecule has 3 aromatic rings. The van der Waals surface area contributed by atoms with Gasteiger partial charge in [-0.05, 0) is 92.5 Å². The van der Waals surface area contributed by atoms with Crippen LogP contribution in [0, 0.1) is 0 Å². The van der Waals surface area contributed by atoms with Crippen LogP contribution in [0.1, 0.15) is 43.1 Å². The van der Waals surface area contributed by atoms with Gasteiger partial charge in [0.15, 0.2) is 0 Å². The van der Waals surface area contributed by atoms with Gasteiger partial charge in [-0.25, -0.2) is 0 Å². The molecule has 2 aliphatic heterocycles. The van der Waals surface area contributed by atoms with Crippen LogP contribution in [-0.4, -0.2) is 40.9 Å². The molecule has 0 amide bonds. The molecule has 5 heteroatoms. The normalized spacial score (nSPS) is 18.8. The molecule has 0 aliphatic carbocycles. The summed E-state index contributed by atoms with van der Waals surface area (Å²) in [4.78, 5) is 2.43. The molecule has 1 fully saturated rings. The lowest BCUT2D eigenvalue weighted by molar-refractivity contribution is 0.0901. The van der Waals surface area contributed by atoms with E-state index in [1.807, 2.05) is 43.3 Å². The maximum atomic E-state index is 10.1. The van der Waals surface area contributed by atoms with E-state index < -0.39 is 0 Å². The van der Waals surface area contributed by atoms with E-state index in [0.29, 0.717) is 12.6 Å². The molecule has 0 bridgehead atoms. The van der Waals surface area contributed by atoms with E-state index in [-0.39, 0.29) is 17.6 Å². The number of fused-ring (bicyclic) bond motifs is 1. The Morgan fingerprint density at radius 1 is 1.00 bits per heavy atom. The van der Waals surface area contributed by atoms with E-state index in [1.54, 1.807) is 30.3 Å². The number of aromatic hydroxyl groups is 2. The summed E-state index contributed by atoms with van der Waals surface area (Å²) in [5, 5.41) is 20.1. The van der Waals surface area contributed by atoms with E-state index in [9.17, 15) is 10.2 Å². The zero-order chi connectivity index (χ0) is 22.9. The van der Waals surface area contributed by atoms with Gasteiger partial charge in [-0.2, -0.15) is 0 Å². The molecule has 2 atom stereocenters. The summed E-state index contributed by atoms with van der Waals surface area (Å²) in [7, 11) is 0. The Morgan fingerprint density at radius 3 is 2.45 bits per heavy atom. The van der Waals surface area contributed by atoms with Gasteiger partial charge in [0.1, 0.15) is 35.7 Å². The third-order valence-corrected chi connectivity index (χ3v) is 6.62. The number of nitrogens with zero attached hydrogens (tertiary/aromatic N) is 1. The van der Waals surface area contributed by atoms with Crippen molar-refractivity contribution in [2.24, 2.45) is 0 Å². The lowest BCUT2D eigenvalue weighted by Gasteiger charge is -2.36. The number of hydrogen-bond donors (Lipinski definition) is 2. The van der Waals surface area contributed by atoms with Gasteiger partial charge in [-0.3, -0.25) is 4.90 Å². The molecule has 0 spiro atoms. The Kier molecular flexibility index (Phi) is 5.73. The van der Waals surface area contributed by atoms with E-state index in [4.69, 9.17) is 9.47 Å². The van der Waals surface area contributed by atoms with Gasteiger partial charge in [-0.1, -0.05) is 24.3 Å². The summed E-state index contributed by atoms with van der Waals surface area (Å²) in [6.45, 7) is 7.22. The highest BCUT2D eigenvalue weighted by atomic mass is 16.5. The first kappa shape index (κ1) is 21.4. The van der Waals surface area contributed by atoms with Crippen molar-refractivity contribution in [3.05, 3.63) is 83.4 Å². The van der Waals surface area contributed by atoms with Gasteiger partial charge >= 0.3 is 0 Å². The molecule has 0 aromatic heterocycles. The predicted octanol–water partition coefficient (Wildman–Crippen LogP) is 5.64. The second-order valence-corrected chi connectivity index (χ2v) is 8.89. The SMILES string of the molecule is CC1=C(c2cccc(O)c2)[C@H](c2ccc(OC[C@H](C)N3CCC3)cc2)Oc2ccc(O)cc21. The number of allylic oxidation sites excluding steroid dienone is 1. The molecule has 170 valence electrons. The lowest BCUT2D eigenvalue weighted by atomic mass is 9.86. The molecule has 2 heterocycles. The minimum atomic E-state index is -0.349. The number of phenols is 2. The number of ether oxygens (including phenoxy) is 2. The molecule has 2 aliphatic rings. The third-order valence-electron chi connectivity index (χ3n) is 6.62. The number of benzene rings is 3. The third kappa shape index (κ3) is 4.29. The van der Waals surface area contributed by atoms with E-state index in [1.165, 1.54) is 6.42 Å². The number of rotatable bonds is 6. The van der Waals surface area contributed by atoms with Crippen LogP contribution in [-0.2, 0) is 0 Å². The van der Waals surface area contributed by atoms with Crippen molar-refractivity contribution in [2.45, 2.75) is 32.4 Å². The summed E-state index contributed by atoms with van der Waals surface area (Å²) < 4.78 is 12.5. The van der Waals surface area contributed by atoms with Gasteiger partial charge in [0.25, 0.3) is 0 Å². The highest BCUT2D eigenvalue weighted by Gasteiger charge is 2.30. The van der Waals surface area contributed by atoms with Crippen LogP contribution < -0.4 is 9.47 Å². The smallest absolute Gasteiger partial charge is 0.150 e. The Labute approximate surface area is 194 Å². The molecular weight excluding hydrogens is 414 g/mol. The zero-order valence-corrected chi connectivity index (χ0v) is 19.0. The first-order chi connectivity index (χ1) is 16.0. The fourth-order valence-corrected chi connectivity index (χ4v) is 4.56. The van der Waals surface area contributed by atoms with Crippen molar-refractivity contribution in [1.82, 2.24) is 4.90 Å². The zero-order valence-electron chi connectivity index (χ0n) is 19.0. The van der Waals surface area contributed by atoms with Crippen LogP contribution in [0.15, 0.2) is 66.7 Å². The molecule has 0 radical (unpaired) electrons. The predicted molar refractivity (Wildman–Crippen MR) is 130 cm³/mol. The minimum Gasteiger partial charge on any atom is -0.508 e. The average Bonchev–Trinajstić information content (AvgIpc) is 2.77. The largest absolute Gasteiger partial charge is 0.508 e. The summed E-state index contributed by atoms with van der Waals surface area (Å²) in [5.74, 6) is 1.96. The van der Waals surface area contributed by atoms with Crippen LogP contribution in [0.4, 0.5) is 0 Å². The van der Waals surface area contributed by atoms with Crippen LogP contribution in [0.2, 0.25) is 0 Å². The summed E-state index contributed by atoms with van der Waals surface area (Å²) in [6, 6.07) is 20.8. The molecule has 1 saturated heterocycles. The molecule has 2 N–H and O–H groups in total. The first-order valence-electron chi connectivity index (χ1n) is 11.5. The van der Waals surface area contributed by atoms with Crippen LogP contribution in [0.5, 0.6) is 23.0 Å². The van der Waals surface area contributed by atoms with E-state index in [0.717, 1.165) is 52.4 Å². The van der Waals surface area contributed by atoms with E-state index >= 15 is 0 Å². The van der Waals surface area contributed by atoms with Crippen molar-refractivity contribution in [3.8, 4) is 23.0 Å². The molecule has 3 aromatic carbocycles. The molecular formula is C28H29NO4. The molecule has 33 heavy (non-hydrogen) atoms. The molecule has 0 unspecified atom stereocenters. The standard InChI is InChI=1S/C28H29NO4/c1-18(29-13-4-14-29)17-32-24-10-7-20(8-11-24)28-27(21-5-3-6-22(30)15-21)19(2)25-16-23(31)9-12-26(25)33-28/h3,5-12,15-16,18,28,30-31H,4,13-14,17H2,1-2H3/t18-,28-/m0/s1. The van der Waals surface area contributed by atoms with Crippen molar-refractivity contribution in [1.29, 1.82) is 0 Å². The Hall–Kier alpha value is -3.44. The second kappa shape index (κ2) is 8.83. The Morgan fingerprint density at radius 2 is 1.76 bits per heavy atom. The van der Waals surface area contributed by atoms with Gasteiger partial charge in [-0.15, -0.1) is 0 Å². The fraction of sp³-hybridized carbons (Fsp3) is 0.286. The monoisotopic (exact) mass is 443 g/mol. The maximum Gasteiger partial charge on any atom is 0.150 e. The molecule has 5 nitrogen and oxygen atoms in total. The number of likely N-dealkylation sites (tertiary alicyclic amines) is 1. The lowest BCUT2D eigenvalue weighted by Crippen LogP contribution is -2.46. The highest BCUT2D eigenvalue weighted by molar-refractivity contribution is 5.95. The summed E-state index contributed by atoms with van der Waals surface area (Å²) in [5.41, 5.74) is 4.70. The Bertz CT molecular complexity index is 1180. The average molecular weight is 444 g/mol. The summed E-state index contributed by atoms with van der Waals surface area (Å²) in [6.07, 6.45) is 0.926. The van der Waals surface area contributed by atoms with E-state index in [2.05, 4.69) is 11.8 Å². The highest BCUT2D eigenvalue weighted by Crippen LogP contribution is 2.47. The van der Waals surface area contributed by atoms with Crippen molar-refractivity contribution < 1.29 is 19.7 Å². The maximum absolute atomic E-state index is 10.1. The topological polar surface area (TPSA) is 62.2 Å². The summed E-state index contributed by atoms with van der Waals surface area (Å²) >= 11 is 0. The van der Waals surface area contributed by atoms with Crippen molar-refractivity contribution in [2.75, 3.05) is 19.7 Å². The van der Waals surface area contributed by atoms with Gasteiger partial charge < -0.3 is 19.7 Å². The van der Waals surface area contributed by atoms with Crippen LogP contribution >= 0.6 is 0 Å². The number of phenolic OH excluding ortho intramolecular Hbond substituents is 2. The first-order valence-corrected chi connectivity index (χ1v) is 11.5. The Balaban J connectivity index is 1.45. The van der Waals surface area contributed by atoms with Crippen LogP contribution in [0.25, 0.3) is 11.1 Å². The van der Waals surface area contributed by atoms with Gasteiger partial charge in [0, 0.05) is 17.2 Å².